The molecule has 1 aromatic rings. The number of hydrogen-bond donors (Lipinski definition) is 3. The van der Waals surface area contributed by atoms with Crippen molar-refractivity contribution >= 4 is 17.9 Å². The highest BCUT2D eigenvalue weighted by Gasteiger charge is 2.41. The van der Waals surface area contributed by atoms with Gasteiger partial charge in [0.05, 0.1) is 0 Å². The second-order valence-corrected chi connectivity index (χ2v) is 11.6. The smallest absolute Gasteiger partial charge is 0.408 e. The van der Waals surface area contributed by atoms with E-state index < -0.39 is 23.8 Å². The number of ether oxygens (including phenoxy) is 1. The molecule has 0 heterocycles. The Bertz CT molecular complexity index is 934. The van der Waals surface area contributed by atoms with Crippen LogP contribution in [0, 0.1) is 12.8 Å². The standard InChI is InChI=1S/C29H47N3O5/c1-9-19(4)23(31-28(36)37-29(6,7)8)27(35)32(18(2)3)24(22-17-13-14-20(5)25(22)33)26(34)30-21-15-11-10-12-16-21/h13-14,17-19,21,23-24,33H,9-12,15-16H2,1-8H3,(H,30,34)(H,31,36). The fourth-order valence-corrected chi connectivity index (χ4v) is 4.80. The zero-order valence-corrected chi connectivity index (χ0v) is 23.9. The summed E-state index contributed by atoms with van der Waals surface area (Å²) >= 11 is 0. The number of nitrogens with one attached hydrogen (secondary N) is 2. The number of phenols is 1. The average Bonchev–Trinajstić information content (AvgIpc) is 2.81. The molecule has 208 valence electrons. The zero-order valence-electron chi connectivity index (χ0n) is 23.9. The number of benzene rings is 1. The van der Waals surface area contributed by atoms with Gasteiger partial charge in [-0.15, -0.1) is 0 Å². The number of hydrogen-bond acceptors (Lipinski definition) is 5. The molecule has 0 aliphatic heterocycles. The minimum Gasteiger partial charge on any atom is -0.507 e. The number of alkyl carbamates (subject to hydrolysis) is 1. The summed E-state index contributed by atoms with van der Waals surface area (Å²) < 4.78 is 5.44. The van der Waals surface area contributed by atoms with Gasteiger partial charge in [0.15, 0.2) is 0 Å². The molecule has 0 spiro atoms. The zero-order chi connectivity index (χ0) is 27.9. The molecule has 0 saturated heterocycles. The second-order valence-electron chi connectivity index (χ2n) is 11.6. The molecule has 1 fully saturated rings. The SMILES string of the molecule is CCC(C)C(NC(=O)OC(C)(C)C)C(=O)N(C(C)C)C(C(=O)NC1CCCCC1)c1cccc(C)c1O. The van der Waals surface area contributed by atoms with Gasteiger partial charge in [-0.05, 0) is 65.9 Å². The van der Waals surface area contributed by atoms with Gasteiger partial charge in [0.1, 0.15) is 23.4 Å². The molecule has 0 bridgehead atoms. The van der Waals surface area contributed by atoms with Crippen molar-refractivity contribution in [3.05, 3.63) is 29.3 Å². The third kappa shape index (κ3) is 8.37. The topological polar surface area (TPSA) is 108 Å². The van der Waals surface area contributed by atoms with Crippen LogP contribution in [-0.4, -0.2) is 51.6 Å². The van der Waals surface area contributed by atoms with Crippen LogP contribution in [0.3, 0.4) is 0 Å². The summed E-state index contributed by atoms with van der Waals surface area (Å²) in [5.41, 5.74) is 0.269. The first-order chi connectivity index (χ1) is 17.3. The molecule has 1 aliphatic carbocycles. The first kappa shape index (κ1) is 30.5. The maximum Gasteiger partial charge on any atom is 0.408 e. The maximum absolute atomic E-state index is 14.2. The number of nitrogens with zero attached hydrogens (tertiary/aromatic N) is 1. The molecule has 3 amide bonds. The Labute approximate surface area is 222 Å². The van der Waals surface area contributed by atoms with E-state index in [1.54, 1.807) is 45.9 Å². The summed E-state index contributed by atoms with van der Waals surface area (Å²) in [4.78, 5) is 42.3. The number of aryl methyl sites for hydroxylation is 1. The van der Waals surface area contributed by atoms with E-state index in [1.807, 2.05) is 27.7 Å². The van der Waals surface area contributed by atoms with Gasteiger partial charge < -0.3 is 25.4 Å². The third-order valence-corrected chi connectivity index (χ3v) is 7.00. The van der Waals surface area contributed by atoms with Crippen LogP contribution < -0.4 is 10.6 Å². The molecule has 3 unspecified atom stereocenters. The molecule has 0 aromatic heterocycles. The van der Waals surface area contributed by atoms with E-state index in [4.69, 9.17) is 4.74 Å². The summed E-state index contributed by atoms with van der Waals surface area (Å²) in [6.45, 7) is 14.6. The normalized spacial score (nSPS) is 17.0. The van der Waals surface area contributed by atoms with Gasteiger partial charge >= 0.3 is 6.09 Å². The van der Waals surface area contributed by atoms with Crippen LogP contribution in [0.25, 0.3) is 0 Å². The summed E-state index contributed by atoms with van der Waals surface area (Å²) in [7, 11) is 0. The molecule has 1 aromatic carbocycles. The molecule has 3 N–H and O–H groups in total. The van der Waals surface area contributed by atoms with Crippen molar-refractivity contribution in [3.8, 4) is 5.75 Å². The molecule has 2 rings (SSSR count). The molecule has 0 radical (unpaired) electrons. The van der Waals surface area contributed by atoms with E-state index in [9.17, 15) is 19.5 Å². The van der Waals surface area contributed by atoms with Crippen LogP contribution in [0.5, 0.6) is 5.75 Å². The lowest BCUT2D eigenvalue weighted by Gasteiger charge is -2.39. The Balaban J connectivity index is 2.52. The van der Waals surface area contributed by atoms with Gasteiger partial charge in [0, 0.05) is 17.6 Å². The van der Waals surface area contributed by atoms with Crippen LogP contribution in [0.2, 0.25) is 0 Å². The molecular formula is C29H47N3O5. The van der Waals surface area contributed by atoms with Crippen molar-refractivity contribution in [2.45, 2.75) is 124 Å². The summed E-state index contributed by atoms with van der Waals surface area (Å²) in [5, 5.41) is 16.9. The molecule has 8 nitrogen and oxygen atoms in total. The first-order valence-corrected chi connectivity index (χ1v) is 13.7. The van der Waals surface area contributed by atoms with Crippen molar-refractivity contribution in [1.29, 1.82) is 0 Å². The highest BCUT2D eigenvalue weighted by Crippen LogP contribution is 2.34. The van der Waals surface area contributed by atoms with Crippen molar-refractivity contribution in [2.24, 2.45) is 5.92 Å². The Morgan fingerprint density at radius 3 is 2.27 bits per heavy atom. The molecular weight excluding hydrogens is 470 g/mol. The lowest BCUT2D eigenvalue weighted by molar-refractivity contribution is -0.146. The molecule has 37 heavy (non-hydrogen) atoms. The minimum absolute atomic E-state index is 0.00932. The van der Waals surface area contributed by atoms with Crippen molar-refractivity contribution < 1.29 is 24.2 Å². The quantitative estimate of drug-likeness (QED) is 0.408. The van der Waals surface area contributed by atoms with Gasteiger partial charge in [0.2, 0.25) is 11.8 Å². The highest BCUT2D eigenvalue weighted by molar-refractivity contribution is 5.93. The first-order valence-electron chi connectivity index (χ1n) is 13.7. The van der Waals surface area contributed by atoms with Crippen LogP contribution in [0.1, 0.15) is 104 Å². The van der Waals surface area contributed by atoms with Gasteiger partial charge in [-0.2, -0.15) is 0 Å². The number of amides is 3. The number of aromatic hydroxyl groups is 1. The number of phenolic OH excluding ortho intramolecular Hbond substituents is 1. The van der Waals surface area contributed by atoms with E-state index in [0.717, 1.165) is 32.1 Å². The number of rotatable bonds is 9. The predicted octanol–water partition coefficient (Wildman–Crippen LogP) is 5.37. The predicted molar refractivity (Wildman–Crippen MR) is 145 cm³/mol. The van der Waals surface area contributed by atoms with Crippen molar-refractivity contribution in [3.63, 3.8) is 0 Å². The van der Waals surface area contributed by atoms with E-state index in [1.165, 1.54) is 4.90 Å². The molecule has 1 aliphatic rings. The average molecular weight is 518 g/mol. The minimum atomic E-state index is -1.05. The molecule has 8 heteroatoms. The highest BCUT2D eigenvalue weighted by atomic mass is 16.6. The van der Waals surface area contributed by atoms with Crippen LogP contribution >= 0.6 is 0 Å². The van der Waals surface area contributed by atoms with E-state index in [2.05, 4.69) is 10.6 Å². The van der Waals surface area contributed by atoms with Crippen LogP contribution in [0.15, 0.2) is 18.2 Å². The monoisotopic (exact) mass is 517 g/mol. The van der Waals surface area contributed by atoms with Gasteiger partial charge in [0.25, 0.3) is 0 Å². The number of para-hydroxylation sites is 1. The molecule has 1 saturated carbocycles. The Kier molecular flexibility index (Phi) is 10.8. The van der Waals surface area contributed by atoms with Gasteiger partial charge in [-0.3, -0.25) is 9.59 Å². The van der Waals surface area contributed by atoms with E-state index in [-0.39, 0.29) is 35.6 Å². The maximum atomic E-state index is 14.2. The number of carbonyl (C=O) groups excluding carboxylic acids is 3. The third-order valence-electron chi connectivity index (χ3n) is 7.00. The Morgan fingerprint density at radius 1 is 1.11 bits per heavy atom. The van der Waals surface area contributed by atoms with Crippen molar-refractivity contribution in [1.82, 2.24) is 15.5 Å². The summed E-state index contributed by atoms with van der Waals surface area (Å²) in [6, 6.07) is 2.92. The lowest BCUT2D eigenvalue weighted by Crippen LogP contribution is -2.57. The van der Waals surface area contributed by atoms with Gasteiger partial charge in [-0.1, -0.05) is 57.7 Å². The lowest BCUT2D eigenvalue weighted by atomic mass is 9.92. The number of carbonyl (C=O) groups is 3. The summed E-state index contributed by atoms with van der Waals surface area (Å²) in [6.07, 6.45) is 4.98. The molecule has 3 atom stereocenters. The fraction of sp³-hybridized carbons (Fsp3) is 0.690. The second kappa shape index (κ2) is 13.2. The Morgan fingerprint density at radius 2 is 1.73 bits per heavy atom. The van der Waals surface area contributed by atoms with E-state index >= 15 is 0 Å². The van der Waals surface area contributed by atoms with E-state index in [0.29, 0.717) is 17.5 Å². The van der Waals surface area contributed by atoms with Crippen LogP contribution in [-0.2, 0) is 14.3 Å². The van der Waals surface area contributed by atoms with Crippen molar-refractivity contribution in [2.75, 3.05) is 0 Å². The fourth-order valence-electron chi connectivity index (χ4n) is 4.80. The van der Waals surface area contributed by atoms with Crippen LogP contribution in [0.4, 0.5) is 4.79 Å². The Hall–Kier alpha value is -2.77. The van der Waals surface area contributed by atoms with Gasteiger partial charge in [-0.25, -0.2) is 4.79 Å². The largest absolute Gasteiger partial charge is 0.507 e. The summed E-state index contributed by atoms with van der Waals surface area (Å²) in [5.74, 6) is -0.936.